The lowest BCUT2D eigenvalue weighted by Crippen LogP contribution is -2.50. The van der Waals surface area contributed by atoms with Crippen molar-refractivity contribution in [3.63, 3.8) is 0 Å². The molecule has 3 heterocycles. The molecule has 2 aliphatic rings. The molecule has 0 unspecified atom stereocenters. The molecule has 11 nitrogen and oxygen atoms in total. The summed E-state index contributed by atoms with van der Waals surface area (Å²) < 4.78 is 57.7. The van der Waals surface area contributed by atoms with Crippen LogP contribution in [0.5, 0.6) is 0 Å². The molecule has 0 bridgehead atoms. The largest absolute Gasteiger partial charge is 0.366 e. The van der Waals surface area contributed by atoms with Crippen molar-refractivity contribution < 1.29 is 22.0 Å². The van der Waals surface area contributed by atoms with Crippen molar-refractivity contribution in [2.24, 2.45) is 5.92 Å². The molecule has 1 N–H and O–H groups in total. The van der Waals surface area contributed by atoms with E-state index in [2.05, 4.69) is 20.0 Å². The van der Waals surface area contributed by atoms with E-state index in [1.807, 2.05) is 31.7 Å². The lowest BCUT2D eigenvalue weighted by molar-refractivity contribution is -0.134. The average Bonchev–Trinajstić information content (AvgIpc) is 3.33. The molecule has 0 radical (unpaired) electrons. The summed E-state index contributed by atoms with van der Waals surface area (Å²) in [5.41, 5.74) is 0.346. The number of aromatic nitrogens is 4. The number of hydrogen-bond donors (Lipinski definition) is 1. The number of fused-ring (bicyclic) bond motifs is 1. The van der Waals surface area contributed by atoms with E-state index in [-0.39, 0.29) is 27.4 Å². The highest BCUT2D eigenvalue weighted by Crippen LogP contribution is 2.40. The number of piperazine rings is 1. The van der Waals surface area contributed by atoms with Gasteiger partial charge in [0.1, 0.15) is 11.2 Å². The van der Waals surface area contributed by atoms with Crippen LogP contribution >= 0.6 is 11.3 Å². The van der Waals surface area contributed by atoms with Crippen LogP contribution in [0.25, 0.3) is 21.6 Å². The van der Waals surface area contributed by atoms with E-state index in [0.717, 1.165) is 0 Å². The normalized spacial score (nSPS) is 17.3. The fourth-order valence-electron chi connectivity index (χ4n) is 4.68. The minimum atomic E-state index is -4.11. The summed E-state index contributed by atoms with van der Waals surface area (Å²) in [5, 5.41) is 21.7. The van der Waals surface area contributed by atoms with Crippen LogP contribution in [0.4, 0.5) is 14.5 Å². The quantitative estimate of drug-likeness (QED) is 0.430. The number of amides is 1. The van der Waals surface area contributed by atoms with Crippen molar-refractivity contribution in [3.05, 3.63) is 17.1 Å². The van der Waals surface area contributed by atoms with Crippen molar-refractivity contribution in [3.8, 4) is 16.8 Å². The minimum Gasteiger partial charge on any atom is -0.366 e. The molecule has 3 aromatic rings. The van der Waals surface area contributed by atoms with E-state index in [0.29, 0.717) is 73.5 Å². The molecule has 1 amide bonds. The summed E-state index contributed by atoms with van der Waals surface area (Å²) >= 11 is 0.703. The average molecular weight is 579 g/mol. The Morgan fingerprint density at radius 1 is 1.21 bits per heavy atom. The van der Waals surface area contributed by atoms with Crippen molar-refractivity contribution >= 4 is 43.9 Å². The Morgan fingerprint density at radius 3 is 2.44 bits per heavy atom. The van der Waals surface area contributed by atoms with Gasteiger partial charge < -0.3 is 9.80 Å². The van der Waals surface area contributed by atoms with Crippen LogP contribution in [0, 0.1) is 17.2 Å². The monoisotopic (exact) mass is 578 g/mol. The molecule has 2 aromatic heterocycles. The Bertz CT molecular complexity index is 1570. The van der Waals surface area contributed by atoms with Crippen LogP contribution < -0.4 is 9.62 Å². The SMILES string of the molecule is CCn1nc(-c2nnc(C(F)F)s2)c2cc(S(=O)(=O)NC3(C#N)CC3)cc(N3CCN(C(=O)C(C)C)CC3)c21. The number of sulfonamides is 1. The first-order valence-corrected chi connectivity index (χ1v) is 14.9. The van der Waals surface area contributed by atoms with Gasteiger partial charge in [0.25, 0.3) is 6.43 Å². The maximum Gasteiger partial charge on any atom is 0.291 e. The smallest absolute Gasteiger partial charge is 0.291 e. The van der Waals surface area contributed by atoms with Crippen molar-refractivity contribution in [1.82, 2.24) is 29.6 Å². The van der Waals surface area contributed by atoms with Crippen LogP contribution in [-0.4, -0.2) is 70.9 Å². The molecule has 15 heteroatoms. The molecule has 1 saturated heterocycles. The third kappa shape index (κ3) is 5.08. The summed E-state index contributed by atoms with van der Waals surface area (Å²) in [7, 11) is -4.11. The maximum atomic E-state index is 13.5. The van der Waals surface area contributed by atoms with E-state index in [1.165, 1.54) is 6.07 Å². The molecule has 1 aromatic carbocycles. The lowest BCUT2D eigenvalue weighted by Gasteiger charge is -2.37. The molecule has 1 aliphatic carbocycles. The Hall–Kier alpha value is -3.22. The number of nitriles is 1. The topological polar surface area (TPSA) is 137 Å². The second-order valence-electron chi connectivity index (χ2n) is 10.0. The fraction of sp³-hybridized carbons (Fsp3) is 0.542. The zero-order chi connectivity index (χ0) is 28.1. The molecular weight excluding hydrogens is 550 g/mol. The van der Waals surface area contributed by atoms with Gasteiger partial charge in [0, 0.05) is 44.0 Å². The van der Waals surface area contributed by atoms with Gasteiger partial charge in [-0.3, -0.25) is 9.48 Å². The third-order valence-electron chi connectivity index (χ3n) is 6.96. The van der Waals surface area contributed by atoms with E-state index in [4.69, 9.17) is 0 Å². The molecule has 5 rings (SSSR count). The molecule has 0 atom stereocenters. The minimum absolute atomic E-state index is 0.0542. The lowest BCUT2D eigenvalue weighted by atomic mass is 10.1. The number of nitrogens with zero attached hydrogens (tertiary/aromatic N) is 7. The second kappa shape index (κ2) is 10.1. The van der Waals surface area contributed by atoms with Gasteiger partial charge in [-0.2, -0.15) is 15.1 Å². The number of carbonyl (C=O) groups is 1. The van der Waals surface area contributed by atoms with Crippen molar-refractivity contribution in [2.75, 3.05) is 31.1 Å². The van der Waals surface area contributed by atoms with Crippen LogP contribution in [-0.2, 0) is 21.4 Å². The van der Waals surface area contributed by atoms with Crippen molar-refractivity contribution in [2.45, 2.75) is 57.0 Å². The Labute approximate surface area is 228 Å². The molecule has 208 valence electrons. The summed E-state index contributed by atoms with van der Waals surface area (Å²) in [5.74, 6) is -0.0784. The van der Waals surface area contributed by atoms with Gasteiger partial charge in [0.05, 0.1) is 22.2 Å². The van der Waals surface area contributed by atoms with E-state index < -0.39 is 27.0 Å². The van der Waals surface area contributed by atoms with Gasteiger partial charge in [-0.1, -0.05) is 25.2 Å². The highest BCUT2D eigenvalue weighted by atomic mass is 32.2. The predicted molar refractivity (Wildman–Crippen MR) is 141 cm³/mol. The van der Waals surface area contributed by atoms with Gasteiger partial charge in [0.15, 0.2) is 10.0 Å². The maximum absolute atomic E-state index is 13.5. The number of aryl methyl sites for hydroxylation is 1. The Morgan fingerprint density at radius 2 is 1.90 bits per heavy atom. The number of anilines is 1. The zero-order valence-corrected chi connectivity index (χ0v) is 23.3. The zero-order valence-electron chi connectivity index (χ0n) is 21.7. The standard InChI is InChI=1S/C24H28F2N8O3S2/c1-4-34-19-16(18(30-34)21-28-29-22(38-21)20(25)26)11-15(39(36,37)31-24(13-27)5-6-24)12-17(19)32-7-9-33(10-8-32)23(35)14(2)3/h11-12,14,20,31H,4-10H2,1-3H3. The van der Waals surface area contributed by atoms with E-state index >= 15 is 0 Å². The highest BCUT2D eigenvalue weighted by molar-refractivity contribution is 7.89. The first-order valence-electron chi connectivity index (χ1n) is 12.6. The number of halogens is 2. The van der Waals surface area contributed by atoms with Gasteiger partial charge in [-0.15, -0.1) is 10.2 Å². The predicted octanol–water partition coefficient (Wildman–Crippen LogP) is 3.15. The molecule has 39 heavy (non-hydrogen) atoms. The second-order valence-corrected chi connectivity index (χ2v) is 12.7. The molecule has 2 fully saturated rings. The van der Waals surface area contributed by atoms with E-state index in [9.17, 15) is 27.3 Å². The fourth-order valence-corrected chi connectivity index (χ4v) is 6.80. The number of carbonyl (C=O) groups excluding carboxylic acids is 1. The first-order chi connectivity index (χ1) is 18.5. The first kappa shape index (κ1) is 27.4. The Balaban J connectivity index is 1.64. The van der Waals surface area contributed by atoms with Gasteiger partial charge in [-0.05, 0) is 31.9 Å². The van der Waals surface area contributed by atoms with Gasteiger partial charge >= 0.3 is 0 Å². The van der Waals surface area contributed by atoms with Gasteiger partial charge in [0.2, 0.25) is 15.9 Å². The number of alkyl halides is 2. The summed E-state index contributed by atoms with van der Waals surface area (Å²) in [6.45, 7) is 7.86. The Kier molecular flexibility index (Phi) is 7.06. The number of hydrogen-bond acceptors (Lipinski definition) is 9. The van der Waals surface area contributed by atoms with Crippen LogP contribution in [0.3, 0.4) is 0 Å². The highest BCUT2D eigenvalue weighted by Gasteiger charge is 2.47. The number of rotatable bonds is 8. The van der Waals surface area contributed by atoms with Crippen molar-refractivity contribution in [1.29, 1.82) is 5.26 Å². The summed E-state index contributed by atoms with van der Waals surface area (Å²) in [6.07, 6.45) is -1.95. The number of benzene rings is 1. The molecule has 0 spiro atoms. The van der Waals surface area contributed by atoms with Gasteiger partial charge in [-0.25, -0.2) is 17.2 Å². The summed E-state index contributed by atoms with van der Waals surface area (Å²) in [4.78, 5) is 16.3. The molecular formula is C24H28F2N8O3S2. The number of nitrogens with one attached hydrogen (secondary N) is 1. The van der Waals surface area contributed by atoms with Crippen LogP contribution in [0.1, 0.15) is 45.0 Å². The van der Waals surface area contributed by atoms with E-state index in [1.54, 1.807) is 15.6 Å². The third-order valence-corrected chi connectivity index (χ3v) is 9.41. The summed E-state index contributed by atoms with van der Waals surface area (Å²) in [6, 6.07) is 5.04. The van der Waals surface area contributed by atoms with Crippen LogP contribution in [0.2, 0.25) is 0 Å². The molecule has 1 aliphatic heterocycles. The molecule has 1 saturated carbocycles. The van der Waals surface area contributed by atoms with Crippen LogP contribution in [0.15, 0.2) is 17.0 Å².